The summed E-state index contributed by atoms with van der Waals surface area (Å²) in [5.41, 5.74) is 0. The Balaban J connectivity index is -0.000000180. The summed E-state index contributed by atoms with van der Waals surface area (Å²) in [4.78, 5) is 27.9. The van der Waals surface area contributed by atoms with Crippen LogP contribution in [0.2, 0.25) is 0 Å². The smallest absolute Gasteiger partial charge is 0.842 e. The third-order valence-corrected chi connectivity index (χ3v) is 0.591. The van der Waals surface area contributed by atoms with E-state index in [1.165, 1.54) is 0 Å². The fourth-order valence-corrected chi connectivity index (χ4v) is 0.247. The Morgan fingerprint density at radius 1 is 1.44 bits per heavy atom. The van der Waals surface area contributed by atoms with Crippen molar-refractivity contribution in [2.24, 2.45) is 0 Å². The van der Waals surface area contributed by atoms with Crippen molar-refractivity contribution in [2.45, 2.75) is 0 Å². The summed E-state index contributed by atoms with van der Waals surface area (Å²) in [5.74, 6) is 0. The van der Waals surface area contributed by atoms with Crippen molar-refractivity contribution in [3.05, 3.63) is 0 Å². The molecule has 0 bridgehead atoms. The van der Waals surface area contributed by atoms with Gasteiger partial charge in [-0.05, 0) is 0 Å². The molecule has 0 aromatic heterocycles. The quantitative estimate of drug-likeness (QED) is 0.392. The molecule has 0 aromatic rings. The second-order valence-electron chi connectivity index (χ2n) is 0.672. The Bertz CT molecular complexity index is 75.4. The van der Waals surface area contributed by atoms with Gasteiger partial charge in [-0.15, -0.1) is 0 Å². The van der Waals surface area contributed by atoms with E-state index < -0.39 is 15.7 Å². The zero-order valence-corrected chi connectivity index (χ0v) is 10.3. The van der Waals surface area contributed by atoms with Gasteiger partial charge in [0.25, 0.3) is 0 Å². The molecule has 1 N–H and O–H groups in total. The molecule has 0 saturated carbocycles. The van der Waals surface area contributed by atoms with Gasteiger partial charge in [0, 0.05) is 0 Å². The molecule has 0 fully saturated rings. The first-order valence-electron chi connectivity index (χ1n) is 1.34. The van der Waals surface area contributed by atoms with E-state index in [4.69, 9.17) is 5.11 Å². The minimum Gasteiger partial charge on any atom is -0.842 e. The van der Waals surface area contributed by atoms with Crippen molar-refractivity contribution in [3.63, 3.8) is 0 Å². The molecular formula is CH2Na2O5Si. The third kappa shape index (κ3) is 17.7. The molecule has 0 heterocycles. The minimum absolute atomic E-state index is 0. The molecular weight excluding hydrogens is 166 g/mol. The summed E-state index contributed by atoms with van der Waals surface area (Å²) in [6, 6.07) is 0. The Hall–Kier alpha value is 1.41. The maximum atomic E-state index is 9.32. The minimum atomic E-state index is -3.83. The van der Waals surface area contributed by atoms with Crippen LogP contribution in [-0.2, 0) is 4.43 Å². The number of carbonyl (C=O) groups is 1. The third-order valence-electron chi connectivity index (χ3n) is 0.197. The molecule has 5 nitrogen and oxygen atoms in total. The van der Waals surface area contributed by atoms with Gasteiger partial charge >= 0.3 is 65.3 Å². The van der Waals surface area contributed by atoms with Crippen LogP contribution < -0.4 is 68.7 Å². The van der Waals surface area contributed by atoms with Gasteiger partial charge in [0.1, 0.15) is 0 Å². The molecule has 0 radical (unpaired) electrons. The largest absolute Gasteiger partial charge is 1.00 e. The van der Waals surface area contributed by atoms with Gasteiger partial charge in [-0.25, -0.2) is 4.79 Å². The van der Waals surface area contributed by atoms with Gasteiger partial charge in [-0.3, -0.25) is 0 Å². The zero-order valence-electron chi connectivity index (χ0n) is 5.16. The SMILES string of the molecule is O=C(O)O[SiH]([O-])[O-].[Na+].[Na+]. The van der Waals surface area contributed by atoms with Crippen LogP contribution in [0.1, 0.15) is 0 Å². The molecule has 42 valence electrons. The molecule has 0 aliphatic heterocycles. The second-order valence-corrected chi connectivity index (χ2v) is 1.49. The van der Waals surface area contributed by atoms with Crippen LogP contribution in [0.15, 0.2) is 0 Å². The molecule has 0 unspecified atom stereocenters. The normalized spacial score (nSPS) is 7.00. The Morgan fingerprint density at radius 3 is 1.78 bits per heavy atom. The summed E-state index contributed by atoms with van der Waals surface area (Å²) < 4.78 is 3.19. The average Bonchev–Trinajstić information content (AvgIpc) is 1.27. The van der Waals surface area contributed by atoms with Gasteiger partial charge in [-0.2, -0.15) is 0 Å². The first-order chi connectivity index (χ1) is 3.13. The fraction of sp³-hybridized carbons (Fsp3) is 0. The standard InChI is InChI=1S/CH2O5Si.2Na/c2-1(3)6-7(4)5;;/h7H,(H,2,3);;/q-2;2*+1. The van der Waals surface area contributed by atoms with Gasteiger partial charge in [0.2, 0.25) is 0 Å². The van der Waals surface area contributed by atoms with Crippen LogP contribution in [0.3, 0.4) is 0 Å². The summed E-state index contributed by atoms with van der Waals surface area (Å²) in [5, 5.41) is 7.50. The van der Waals surface area contributed by atoms with E-state index in [0.29, 0.717) is 0 Å². The number of hydrogen-bond acceptors (Lipinski definition) is 4. The van der Waals surface area contributed by atoms with Crippen LogP contribution in [0, 0.1) is 0 Å². The molecule has 8 heteroatoms. The van der Waals surface area contributed by atoms with Gasteiger partial charge < -0.3 is 19.1 Å². The van der Waals surface area contributed by atoms with Gasteiger partial charge in [-0.1, -0.05) is 0 Å². The van der Waals surface area contributed by atoms with E-state index in [9.17, 15) is 14.4 Å². The van der Waals surface area contributed by atoms with Crippen LogP contribution in [0.5, 0.6) is 0 Å². The molecule has 0 aliphatic carbocycles. The monoisotopic (exact) mass is 168 g/mol. The summed E-state index contributed by atoms with van der Waals surface area (Å²) >= 11 is 0. The molecule has 0 aliphatic rings. The summed E-state index contributed by atoms with van der Waals surface area (Å²) in [7, 11) is -3.83. The fourth-order valence-electron chi connectivity index (χ4n) is 0.0823. The van der Waals surface area contributed by atoms with E-state index in [0.717, 1.165) is 0 Å². The van der Waals surface area contributed by atoms with Crippen LogP contribution >= 0.6 is 0 Å². The Kier molecular flexibility index (Phi) is 17.5. The van der Waals surface area contributed by atoms with Crippen molar-refractivity contribution in [1.29, 1.82) is 0 Å². The molecule has 0 amide bonds. The first-order valence-corrected chi connectivity index (χ1v) is 2.75. The average molecular weight is 168 g/mol. The van der Waals surface area contributed by atoms with Crippen LogP contribution in [0.25, 0.3) is 0 Å². The van der Waals surface area contributed by atoms with Crippen molar-refractivity contribution in [2.75, 3.05) is 0 Å². The molecule has 0 aromatic carbocycles. The van der Waals surface area contributed by atoms with Gasteiger partial charge in [0.15, 0.2) is 0 Å². The van der Waals surface area contributed by atoms with E-state index in [-0.39, 0.29) is 59.1 Å². The molecule has 0 saturated heterocycles. The zero-order chi connectivity index (χ0) is 5.86. The van der Waals surface area contributed by atoms with Crippen molar-refractivity contribution < 1.29 is 83.0 Å². The van der Waals surface area contributed by atoms with Crippen LogP contribution in [0.4, 0.5) is 4.79 Å². The van der Waals surface area contributed by atoms with Gasteiger partial charge in [0.05, 0.1) is 9.53 Å². The van der Waals surface area contributed by atoms with E-state index >= 15 is 0 Å². The van der Waals surface area contributed by atoms with Crippen molar-refractivity contribution in [3.8, 4) is 0 Å². The Labute approximate surface area is 97.6 Å². The number of hydrogen-bond donors (Lipinski definition) is 1. The Morgan fingerprint density at radius 2 is 1.78 bits per heavy atom. The van der Waals surface area contributed by atoms with Crippen molar-refractivity contribution in [1.82, 2.24) is 0 Å². The van der Waals surface area contributed by atoms with E-state index in [2.05, 4.69) is 4.43 Å². The topological polar surface area (TPSA) is 92.7 Å². The predicted octanol–water partition coefficient (Wildman–Crippen LogP) is -8.87. The van der Waals surface area contributed by atoms with E-state index in [1.54, 1.807) is 0 Å². The maximum absolute atomic E-state index is 9.32. The molecule has 0 spiro atoms. The first kappa shape index (κ1) is 16.8. The number of carboxylic acid groups (broad SMARTS) is 1. The van der Waals surface area contributed by atoms with Crippen LogP contribution in [-0.4, -0.2) is 20.8 Å². The number of rotatable bonds is 1. The maximum Gasteiger partial charge on any atom is 1.00 e. The summed E-state index contributed by atoms with van der Waals surface area (Å²) in [6.45, 7) is 0. The van der Waals surface area contributed by atoms with Crippen molar-refractivity contribution >= 4 is 15.7 Å². The van der Waals surface area contributed by atoms with E-state index in [1.807, 2.05) is 0 Å². The molecule has 9 heavy (non-hydrogen) atoms. The second kappa shape index (κ2) is 9.41. The molecule has 0 atom stereocenters. The summed E-state index contributed by atoms with van der Waals surface area (Å²) in [6.07, 6.45) is -1.78. The molecule has 0 rings (SSSR count). The predicted molar refractivity (Wildman–Crippen MR) is 16.3 cm³/mol.